The van der Waals surface area contributed by atoms with Gasteiger partial charge in [0, 0.05) is 6.04 Å². The van der Waals surface area contributed by atoms with E-state index in [4.69, 9.17) is 0 Å². The third kappa shape index (κ3) is 5.35. The Labute approximate surface area is 146 Å². The Kier molecular flexibility index (Phi) is 7.44. The molecule has 24 heavy (non-hydrogen) atoms. The second-order valence-corrected chi connectivity index (χ2v) is 7.21. The smallest absolute Gasteiger partial charge is 0.235 e. The van der Waals surface area contributed by atoms with Gasteiger partial charge in [0.25, 0.3) is 0 Å². The summed E-state index contributed by atoms with van der Waals surface area (Å²) < 4.78 is 0. The maximum atomic E-state index is 12.3. The molecule has 1 aromatic carbocycles. The summed E-state index contributed by atoms with van der Waals surface area (Å²) in [6.07, 6.45) is 1.02. The number of benzene rings is 1. The van der Waals surface area contributed by atoms with Crippen LogP contribution in [0.1, 0.15) is 58.7 Å². The van der Waals surface area contributed by atoms with E-state index < -0.39 is 5.54 Å². The highest BCUT2D eigenvalue weighted by atomic mass is 16.2. The molecule has 0 fully saturated rings. The van der Waals surface area contributed by atoms with Gasteiger partial charge in [0.15, 0.2) is 0 Å². The van der Waals surface area contributed by atoms with Crippen LogP contribution in [0.5, 0.6) is 0 Å². The number of aryl methyl sites for hydroxylation is 1. The Morgan fingerprint density at radius 2 is 1.79 bits per heavy atom. The SMILES string of the molecule is CCc1ccc([C@H](NCC(=O)N[C@@](C)(C#N)C(C)C)C(C)C)cc1. The van der Waals surface area contributed by atoms with Crippen LogP contribution in [0.25, 0.3) is 0 Å². The number of carbonyl (C=O) groups is 1. The van der Waals surface area contributed by atoms with Crippen LogP contribution in [-0.4, -0.2) is 18.0 Å². The van der Waals surface area contributed by atoms with E-state index in [2.05, 4.69) is 61.7 Å². The van der Waals surface area contributed by atoms with Gasteiger partial charge in [-0.15, -0.1) is 0 Å². The molecule has 0 aliphatic heterocycles. The first-order chi connectivity index (χ1) is 11.2. The van der Waals surface area contributed by atoms with Crippen LogP contribution in [0.4, 0.5) is 0 Å². The summed E-state index contributed by atoms with van der Waals surface area (Å²) in [7, 11) is 0. The molecule has 1 aromatic rings. The number of nitriles is 1. The molecule has 0 heterocycles. The molecule has 0 unspecified atom stereocenters. The Bertz CT molecular complexity index is 572. The van der Waals surface area contributed by atoms with Crippen molar-refractivity contribution in [1.29, 1.82) is 5.26 Å². The average molecular weight is 329 g/mol. The van der Waals surface area contributed by atoms with Gasteiger partial charge in [0.1, 0.15) is 5.54 Å². The van der Waals surface area contributed by atoms with Crippen molar-refractivity contribution in [1.82, 2.24) is 10.6 Å². The molecule has 0 aliphatic rings. The predicted molar refractivity (Wildman–Crippen MR) is 98.4 cm³/mol. The summed E-state index contributed by atoms with van der Waals surface area (Å²) in [5.41, 5.74) is 1.65. The van der Waals surface area contributed by atoms with Crippen LogP contribution in [0.3, 0.4) is 0 Å². The largest absolute Gasteiger partial charge is 0.337 e. The normalized spacial score (nSPS) is 15.0. The average Bonchev–Trinajstić information content (AvgIpc) is 2.54. The van der Waals surface area contributed by atoms with Gasteiger partial charge < -0.3 is 10.6 Å². The number of carbonyl (C=O) groups excluding carboxylic acids is 1. The predicted octanol–water partition coefficient (Wildman–Crippen LogP) is 3.59. The molecule has 132 valence electrons. The Morgan fingerprint density at radius 1 is 1.21 bits per heavy atom. The number of rotatable bonds is 8. The fraction of sp³-hybridized carbons (Fsp3) is 0.600. The molecule has 0 radical (unpaired) electrons. The maximum Gasteiger partial charge on any atom is 0.235 e. The minimum absolute atomic E-state index is 0.0499. The van der Waals surface area contributed by atoms with Crippen LogP contribution in [0, 0.1) is 23.2 Å². The van der Waals surface area contributed by atoms with E-state index in [-0.39, 0.29) is 24.4 Å². The van der Waals surface area contributed by atoms with E-state index in [9.17, 15) is 10.1 Å². The molecule has 0 bridgehead atoms. The summed E-state index contributed by atoms with van der Waals surface area (Å²) in [4.78, 5) is 12.3. The van der Waals surface area contributed by atoms with Crippen LogP contribution in [0.2, 0.25) is 0 Å². The van der Waals surface area contributed by atoms with Crippen molar-refractivity contribution in [2.45, 2.75) is 59.5 Å². The lowest BCUT2D eigenvalue weighted by Crippen LogP contribution is -2.51. The second kappa shape index (κ2) is 8.84. The monoisotopic (exact) mass is 329 g/mol. The van der Waals surface area contributed by atoms with Gasteiger partial charge in [0.2, 0.25) is 5.91 Å². The zero-order valence-electron chi connectivity index (χ0n) is 15.8. The quantitative estimate of drug-likeness (QED) is 0.766. The summed E-state index contributed by atoms with van der Waals surface area (Å²) in [6, 6.07) is 10.8. The lowest BCUT2D eigenvalue weighted by Gasteiger charge is -2.28. The number of nitrogens with zero attached hydrogens (tertiary/aromatic N) is 1. The zero-order chi connectivity index (χ0) is 18.3. The van der Waals surface area contributed by atoms with Crippen LogP contribution >= 0.6 is 0 Å². The van der Waals surface area contributed by atoms with Crippen LogP contribution in [0.15, 0.2) is 24.3 Å². The van der Waals surface area contributed by atoms with Crippen LogP contribution < -0.4 is 10.6 Å². The third-order valence-corrected chi connectivity index (χ3v) is 4.68. The number of hydrogen-bond donors (Lipinski definition) is 2. The molecule has 0 saturated carbocycles. The van der Waals surface area contributed by atoms with Gasteiger partial charge in [0.05, 0.1) is 12.6 Å². The summed E-state index contributed by atoms with van der Waals surface area (Å²) in [6.45, 7) is 12.2. The molecule has 2 atom stereocenters. The van der Waals surface area contributed by atoms with E-state index >= 15 is 0 Å². The summed E-state index contributed by atoms with van der Waals surface area (Å²) in [5, 5.41) is 15.5. The first kappa shape index (κ1) is 20.2. The van der Waals surface area contributed by atoms with Gasteiger partial charge in [-0.25, -0.2) is 0 Å². The number of amides is 1. The third-order valence-electron chi connectivity index (χ3n) is 4.68. The van der Waals surface area contributed by atoms with E-state index in [1.54, 1.807) is 6.92 Å². The maximum absolute atomic E-state index is 12.3. The topological polar surface area (TPSA) is 64.9 Å². The molecule has 4 heteroatoms. The minimum atomic E-state index is -0.838. The van der Waals surface area contributed by atoms with Gasteiger partial charge in [-0.3, -0.25) is 4.79 Å². The summed E-state index contributed by atoms with van der Waals surface area (Å²) in [5.74, 6) is 0.259. The Balaban J connectivity index is 2.73. The highest BCUT2D eigenvalue weighted by Crippen LogP contribution is 2.22. The number of hydrogen-bond acceptors (Lipinski definition) is 3. The van der Waals surface area contributed by atoms with Crippen molar-refractivity contribution in [2.75, 3.05) is 6.54 Å². The fourth-order valence-electron chi connectivity index (χ4n) is 2.54. The molecule has 4 nitrogen and oxygen atoms in total. The molecule has 2 N–H and O–H groups in total. The molecular weight excluding hydrogens is 298 g/mol. The van der Waals surface area contributed by atoms with E-state index in [1.807, 2.05) is 13.8 Å². The number of nitrogens with one attached hydrogen (secondary N) is 2. The minimum Gasteiger partial charge on any atom is -0.337 e. The highest BCUT2D eigenvalue weighted by Gasteiger charge is 2.30. The van der Waals surface area contributed by atoms with Gasteiger partial charge in [-0.05, 0) is 36.3 Å². The van der Waals surface area contributed by atoms with Gasteiger partial charge in [-0.1, -0.05) is 58.9 Å². The Hall–Kier alpha value is -1.86. The lowest BCUT2D eigenvalue weighted by atomic mass is 9.90. The second-order valence-electron chi connectivity index (χ2n) is 7.21. The first-order valence-corrected chi connectivity index (χ1v) is 8.78. The molecular formula is C20H31N3O. The van der Waals surface area contributed by atoms with Crippen LogP contribution in [-0.2, 0) is 11.2 Å². The molecule has 1 rings (SSSR count). The first-order valence-electron chi connectivity index (χ1n) is 8.78. The van der Waals surface area contributed by atoms with Gasteiger partial charge in [-0.2, -0.15) is 5.26 Å². The molecule has 0 aliphatic carbocycles. The lowest BCUT2D eigenvalue weighted by molar-refractivity contribution is -0.122. The van der Waals surface area contributed by atoms with E-state index in [1.165, 1.54) is 11.1 Å². The summed E-state index contributed by atoms with van der Waals surface area (Å²) >= 11 is 0. The highest BCUT2D eigenvalue weighted by molar-refractivity contribution is 5.79. The van der Waals surface area contributed by atoms with Crippen molar-refractivity contribution in [2.24, 2.45) is 11.8 Å². The van der Waals surface area contributed by atoms with Gasteiger partial charge >= 0.3 is 0 Å². The van der Waals surface area contributed by atoms with Crippen molar-refractivity contribution < 1.29 is 4.79 Å². The standard InChI is InChI=1S/C20H31N3O/c1-7-16-8-10-17(11-9-16)19(14(2)3)22-12-18(24)23-20(6,13-21)15(4)5/h8-11,14-15,19,22H,7,12H2,1-6H3,(H,23,24)/t19-,20+/m1/s1. The van der Waals surface area contributed by atoms with E-state index in [0.29, 0.717) is 5.92 Å². The van der Waals surface area contributed by atoms with Crippen molar-refractivity contribution in [3.63, 3.8) is 0 Å². The molecule has 0 aromatic heterocycles. The van der Waals surface area contributed by atoms with Crippen molar-refractivity contribution in [3.05, 3.63) is 35.4 Å². The Morgan fingerprint density at radius 3 is 2.21 bits per heavy atom. The molecule has 0 spiro atoms. The molecule has 1 amide bonds. The van der Waals surface area contributed by atoms with Crippen molar-refractivity contribution in [3.8, 4) is 6.07 Å². The zero-order valence-corrected chi connectivity index (χ0v) is 15.8. The fourth-order valence-corrected chi connectivity index (χ4v) is 2.54. The van der Waals surface area contributed by atoms with E-state index in [0.717, 1.165) is 6.42 Å². The molecule has 0 saturated heterocycles. The van der Waals surface area contributed by atoms with Crippen molar-refractivity contribution >= 4 is 5.91 Å².